The average molecular weight is 313 g/mol. The van der Waals surface area contributed by atoms with Gasteiger partial charge in [-0.05, 0) is 37.1 Å². The second kappa shape index (κ2) is 7.79. The molecule has 2 aromatic carbocycles. The van der Waals surface area contributed by atoms with Crippen LogP contribution in [0.2, 0.25) is 0 Å². The molecule has 23 heavy (non-hydrogen) atoms. The Morgan fingerprint density at radius 3 is 2.39 bits per heavy atom. The number of ether oxygens (including phenoxy) is 1. The first kappa shape index (κ1) is 17.0. The zero-order chi connectivity index (χ0) is 16.8. The molecule has 4 heteroatoms. The molecule has 0 bridgehead atoms. The molecule has 0 aliphatic rings. The van der Waals surface area contributed by atoms with Gasteiger partial charge in [0.1, 0.15) is 5.75 Å². The summed E-state index contributed by atoms with van der Waals surface area (Å²) >= 11 is 0. The van der Waals surface area contributed by atoms with Crippen LogP contribution in [-0.4, -0.2) is 29.6 Å². The summed E-state index contributed by atoms with van der Waals surface area (Å²) in [5, 5.41) is 9.58. The molecule has 1 N–H and O–H groups in total. The molecule has 1 amide bonds. The van der Waals surface area contributed by atoms with Crippen LogP contribution in [0.25, 0.3) is 0 Å². The summed E-state index contributed by atoms with van der Waals surface area (Å²) in [7, 11) is 1.77. The van der Waals surface area contributed by atoms with Gasteiger partial charge in [0.25, 0.3) is 5.91 Å². The fraction of sp³-hybridized carbons (Fsp3) is 0.316. The first-order valence-electron chi connectivity index (χ1n) is 7.70. The monoisotopic (exact) mass is 313 g/mol. The van der Waals surface area contributed by atoms with Gasteiger partial charge in [0, 0.05) is 7.05 Å². The van der Waals surface area contributed by atoms with Crippen LogP contribution in [0.1, 0.15) is 37.1 Å². The fourth-order valence-corrected chi connectivity index (χ4v) is 2.28. The lowest BCUT2D eigenvalue weighted by Gasteiger charge is -2.25. The number of carbonyl (C=O) groups is 1. The predicted molar refractivity (Wildman–Crippen MR) is 90.2 cm³/mol. The molecule has 0 saturated heterocycles. The molecule has 0 fully saturated rings. The van der Waals surface area contributed by atoms with E-state index in [4.69, 9.17) is 4.74 Å². The molecule has 0 aliphatic carbocycles. The van der Waals surface area contributed by atoms with E-state index in [-0.39, 0.29) is 18.6 Å². The first-order valence-corrected chi connectivity index (χ1v) is 7.70. The van der Waals surface area contributed by atoms with Gasteiger partial charge in [-0.25, -0.2) is 0 Å². The van der Waals surface area contributed by atoms with Gasteiger partial charge >= 0.3 is 0 Å². The maximum absolute atomic E-state index is 12.3. The van der Waals surface area contributed by atoms with Crippen molar-refractivity contribution in [2.24, 2.45) is 0 Å². The fourth-order valence-electron chi connectivity index (χ4n) is 2.28. The molecule has 0 aromatic heterocycles. The molecule has 0 saturated carbocycles. The van der Waals surface area contributed by atoms with E-state index in [9.17, 15) is 9.90 Å². The number of hydrogen-bond acceptors (Lipinski definition) is 3. The number of amides is 1. The standard InChI is InChI=1S/C19H23NO3/c1-14(16-8-5-4-6-9-16)20(3)19(22)13-23-18-11-7-10-17(12-18)15(2)21/h4-12,14-15,21H,13H2,1-3H3. The number of aliphatic hydroxyl groups is 1. The van der Waals surface area contributed by atoms with Crippen LogP contribution in [0.3, 0.4) is 0 Å². The SMILES string of the molecule is CC(O)c1cccc(OCC(=O)N(C)C(C)c2ccccc2)c1. The lowest BCUT2D eigenvalue weighted by molar-refractivity contribution is -0.134. The molecule has 2 atom stereocenters. The zero-order valence-corrected chi connectivity index (χ0v) is 13.8. The number of benzene rings is 2. The maximum atomic E-state index is 12.3. The summed E-state index contributed by atoms with van der Waals surface area (Å²) < 4.78 is 5.56. The smallest absolute Gasteiger partial charge is 0.260 e. The molecule has 2 unspecified atom stereocenters. The van der Waals surface area contributed by atoms with Gasteiger partial charge in [-0.2, -0.15) is 0 Å². The summed E-state index contributed by atoms with van der Waals surface area (Å²) in [6.07, 6.45) is -0.560. The average Bonchev–Trinajstić information content (AvgIpc) is 2.59. The van der Waals surface area contributed by atoms with Gasteiger partial charge in [0.2, 0.25) is 0 Å². The van der Waals surface area contributed by atoms with Crippen LogP contribution in [0.15, 0.2) is 54.6 Å². The maximum Gasteiger partial charge on any atom is 0.260 e. The van der Waals surface area contributed by atoms with Crippen LogP contribution in [-0.2, 0) is 4.79 Å². The minimum Gasteiger partial charge on any atom is -0.484 e. The van der Waals surface area contributed by atoms with Gasteiger partial charge in [-0.3, -0.25) is 4.79 Å². The third kappa shape index (κ3) is 4.57. The molecular formula is C19H23NO3. The van der Waals surface area contributed by atoms with E-state index in [0.717, 1.165) is 11.1 Å². The Hall–Kier alpha value is -2.33. The Bertz CT molecular complexity index is 640. The van der Waals surface area contributed by atoms with Crippen molar-refractivity contribution in [1.29, 1.82) is 0 Å². The highest BCUT2D eigenvalue weighted by Gasteiger charge is 2.17. The number of rotatable bonds is 6. The van der Waals surface area contributed by atoms with Crippen molar-refractivity contribution in [3.8, 4) is 5.75 Å². The molecule has 2 rings (SSSR count). The van der Waals surface area contributed by atoms with Gasteiger partial charge in [-0.1, -0.05) is 42.5 Å². The second-order valence-corrected chi connectivity index (χ2v) is 5.63. The van der Waals surface area contributed by atoms with Gasteiger partial charge in [-0.15, -0.1) is 0 Å². The molecule has 0 aliphatic heterocycles. The number of likely N-dealkylation sites (N-methyl/N-ethyl adjacent to an activating group) is 1. The largest absolute Gasteiger partial charge is 0.484 e. The molecule has 2 aromatic rings. The van der Waals surface area contributed by atoms with Crippen LogP contribution in [0, 0.1) is 0 Å². The van der Waals surface area contributed by atoms with Crippen LogP contribution in [0.4, 0.5) is 0 Å². The lowest BCUT2D eigenvalue weighted by Crippen LogP contribution is -2.33. The van der Waals surface area contributed by atoms with Gasteiger partial charge in [0.15, 0.2) is 6.61 Å². The van der Waals surface area contributed by atoms with Crippen LogP contribution < -0.4 is 4.74 Å². The molecule has 0 radical (unpaired) electrons. The van der Waals surface area contributed by atoms with Crippen molar-refractivity contribution in [2.75, 3.05) is 13.7 Å². The van der Waals surface area contributed by atoms with E-state index in [1.54, 1.807) is 37.1 Å². The van der Waals surface area contributed by atoms with Crippen molar-refractivity contribution >= 4 is 5.91 Å². The summed E-state index contributed by atoms with van der Waals surface area (Å²) in [4.78, 5) is 14.0. The predicted octanol–water partition coefficient (Wildman–Crippen LogP) is 3.34. The number of carbonyl (C=O) groups excluding carboxylic acids is 1. The van der Waals surface area contributed by atoms with E-state index in [0.29, 0.717) is 5.75 Å². The van der Waals surface area contributed by atoms with Crippen molar-refractivity contribution in [2.45, 2.75) is 26.0 Å². The highest BCUT2D eigenvalue weighted by Crippen LogP contribution is 2.20. The van der Waals surface area contributed by atoms with Crippen molar-refractivity contribution in [3.05, 3.63) is 65.7 Å². The van der Waals surface area contributed by atoms with Crippen molar-refractivity contribution < 1.29 is 14.6 Å². The van der Waals surface area contributed by atoms with E-state index >= 15 is 0 Å². The zero-order valence-electron chi connectivity index (χ0n) is 13.8. The minimum atomic E-state index is -0.560. The van der Waals surface area contributed by atoms with E-state index < -0.39 is 6.10 Å². The summed E-state index contributed by atoms with van der Waals surface area (Å²) in [6, 6.07) is 17.0. The van der Waals surface area contributed by atoms with Crippen LogP contribution in [0.5, 0.6) is 5.75 Å². The first-order chi connectivity index (χ1) is 11.0. The number of hydrogen-bond donors (Lipinski definition) is 1. The van der Waals surface area contributed by atoms with E-state index in [1.165, 1.54) is 0 Å². The number of nitrogens with zero attached hydrogens (tertiary/aromatic N) is 1. The quantitative estimate of drug-likeness (QED) is 0.890. The van der Waals surface area contributed by atoms with Crippen molar-refractivity contribution in [3.63, 3.8) is 0 Å². The minimum absolute atomic E-state index is 0.0175. The summed E-state index contributed by atoms with van der Waals surface area (Å²) in [5.41, 5.74) is 1.85. The Morgan fingerprint density at radius 2 is 1.74 bits per heavy atom. The third-order valence-corrected chi connectivity index (χ3v) is 3.96. The summed E-state index contributed by atoms with van der Waals surface area (Å²) in [5.74, 6) is 0.487. The Kier molecular flexibility index (Phi) is 5.77. The van der Waals surface area contributed by atoms with Crippen LogP contribution >= 0.6 is 0 Å². The summed E-state index contributed by atoms with van der Waals surface area (Å²) in [6.45, 7) is 3.65. The lowest BCUT2D eigenvalue weighted by atomic mass is 10.1. The molecule has 0 spiro atoms. The van der Waals surface area contributed by atoms with Crippen molar-refractivity contribution in [1.82, 2.24) is 4.90 Å². The van der Waals surface area contributed by atoms with Gasteiger partial charge in [0.05, 0.1) is 12.1 Å². The second-order valence-electron chi connectivity index (χ2n) is 5.63. The molecule has 122 valence electrons. The highest BCUT2D eigenvalue weighted by atomic mass is 16.5. The van der Waals surface area contributed by atoms with E-state index in [2.05, 4.69) is 0 Å². The third-order valence-electron chi connectivity index (χ3n) is 3.96. The Balaban J connectivity index is 1.95. The Labute approximate surface area is 137 Å². The highest BCUT2D eigenvalue weighted by molar-refractivity contribution is 5.78. The topological polar surface area (TPSA) is 49.8 Å². The molecule has 0 heterocycles. The van der Waals surface area contributed by atoms with E-state index in [1.807, 2.05) is 43.3 Å². The molecular weight excluding hydrogens is 290 g/mol. The normalized spacial score (nSPS) is 13.2. The van der Waals surface area contributed by atoms with Gasteiger partial charge < -0.3 is 14.7 Å². The molecule has 4 nitrogen and oxygen atoms in total. The number of aliphatic hydroxyl groups excluding tert-OH is 1. The Morgan fingerprint density at radius 1 is 1.09 bits per heavy atom.